The molecule has 1 N–H and O–H groups in total. The van der Waals surface area contributed by atoms with E-state index in [1.165, 1.54) is 6.92 Å². The van der Waals surface area contributed by atoms with Crippen molar-refractivity contribution in [2.24, 2.45) is 33.5 Å². The summed E-state index contributed by atoms with van der Waals surface area (Å²) in [6.07, 6.45) is 0.503. The van der Waals surface area contributed by atoms with E-state index in [4.69, 9.17) is 4.74 Å². The molecule has 7 atom stereocenters. The van der Waals surface area contributed by atoms with E-state index in [0.717, 1.165) is 6.42 Å². The number of rotatable bonds is 1. The summed E-state index contributed by atoms with van der Waals surface area (Å²) in [6.45, 7) is 9.67. The third kappa shape index (κ3) is 0.990. The zero-order chi connectivity index (χ0) is 15.6. The standard InChI is InChI=1S/C17H24O4/c1-8(18)21-13-16(5)10-11(16)15(4)7-6-9(19)14(2,3)17(13,15)12(10)20/h10-13,20H,6-7H2,1-5H3. The smallest absolute Gasteiger partial charge is 0.302 e. The number of hydrogen-bond acceptors (Lipinski definition) is 4. The van der Waals surface area contributed by atoms with Crippen LogP contribution >= 0.6 is 0 Å². The van der Waals surface area contributed by atoms with Crippen LogP contribution in [0.4, 0.5) is 0 Å². The van der Waals surface area contributed by atoms with Crippen LogP contribution in [0, 0.1) is 33.5 Å². The van der Waals surface area contributed by atoms with Crippen LogP contribution in [-0.4, -0.2) is 29.1 Å². The molecule has 0 saturated heterocycles. The zero-order valence-corrected chi connectivity index (χ0v) is 13.4. The molecule has 4 bridgehead atoms. The second-order valence-electron chi connectivity index (χ2n) is 8.64. The van der Waals surface area contributed by atoms with Crippen LogP contribution in [-0.2, 0) is 14.3 Å². The summed E-state index contributed by atoms with van der Waals surface area (Å²) in [7, 11) is 0. The Bertz CT molecular complexity index is 581. The van der Waals surface area contributed by atoms with Gasteiger partial charge in [-0.3, -0.25) is 9.59 Å². The van der Waals surface area contributed by atoms with Gasteiger partial charge in [-0.05, 0) is 23.7 Å². The van der Waals surface area contributed by atoms with E-state index in [1.54, 1.807) is 0 Å². The van der Waals surface area contributed by atoms with Gasteiger partial charge in [-0.25, -0.2) is 0 Å². The lowest BCUT2D eigenvalue weighted by molar-refractivity contribution is -0.196. The first-order valence-corrected chi connectivity index (χ1v) is 7.96. The van der Waals surface area contributed by atoms with Gasteiger partial charge in [0.1, 0.15) is 11.9 Å². The monoisotopic (exact) mass is 292 g/mol. The predicted molar refractivity (Wildman–Crippen MR) is 75.2 cm³/mol. The summed E-state index contributed by atoms with van der Waals surface area (Å²) in [5.41, 5.74) is -1.53. The van der Waals surface area contributed by atoms with Crippen molar-refractivity contribution in [1.29, 1.82) is 0 Å². The van der Waals surface area contributed by atoms with E-state index in [0.29, 0.717) is 12.3 Å². The van der Waals surface area contributed by atoms with Crippen LogP contribution < -0.4 is 0 Å². The molecule has 1 spiro atoms. The van der Waals surface area contributed by atoms with E-state index in [2.05, 4.69) is 13.8 Å². The van der Waals surface area contributed by atoms with Crippen molar-refractivity contribution in [3.8, 4) is 0 Å². The fourth-order valence-corrected chi connectivity index (χ4v) is 7.41. The summed E-state index contributed by atoms with van der Waals surface area (Å²) in [4.78, 5) is 24.3. The topological polar surface area (TPSA) is 63.6 Å². The van der Waals surface area contributed by atoms with Crippen LogP contribution in [0.3, 0.4) is 0 Å². The molecule has 5 aliphatic rings. The predicted octanol–water partition coefficient (Wildman–Crippen LogP) is 1.94. The highest BCUT2D eigenvalue weighted by atomic mass is 16.5. The van der Waals surface area contributed by atoms with Crippen molar-refractivity contribution in [3.63, 3.8) is 0 Å². The molecular formula is C17H24O4. The van der Waals surface area contributed by atoms with Crippen molar-refractivity contribution in [1.82, 2.24) is 0 Å². The molecule has 116 valence electrons. The average molecular weight is 292 g/mol. The molecule has 5 saturated carbocycles. The fourth-order valence-electron chi connectivity index (χ4n) is 7.41. The minimum Gasteiger partial charge on any atom is -0.461 e. The Balaban J connectivity index is 1.97. The van der Waals surface area contributed by atoms with Gasteiger partial charge in [0.15, 0.2) is 0 Å². The van der Waals surface area contributed by atoms with Crippen molar-refractivity contribution in [2.75, 3.05) is 0 Å². The first-order chi connectivity index (χ1) is 9.58. The maximum absolute atomic E-state index is 12.6. The molecule has 7 unspecified atom stereocenters. The van der Waals surface area contributed by atoms with Gasteiger partial charge >= 0.3 is 5.97 Å². The zero-order valence-electron chi connectivity index (χ0n) is 13.4. The van der Waals surface area contributed by atoms with Crippen LogP contribution in [0.1, 0.15) is 47.5 Å². The summed E-state index contributed by atoms with van der Waals surface area (Å²) in [6, 6.07) is 0. The number of carbonyl (C=O) groups is 2. The van der Waals surface area contributed by atoms with Crippen molar-refractivity contribution >= 4 is 11.8 Å². The minimum absolute atomic E-state index is 0.108. The SMILES string of the molecule is CC(=O)OC1C2(C)C3C2C2(C)CCC(=O)C(C)(C)C12C3O. The number of aliphatic hydroxyl groups is 1. The molecule has 4 nitrogen and oxygen atoms in total. The molecule has 5 aliphatic carbocycles. The van der Waals surface area contributed by atoms with Crippen LogP contribution in [0.25, 0.3) is 0 Å². The summed E-state index contributed by atoms with van der Waals surface area (Å²) >= 11 is 0. The van der Waals surface area contributed by atoms with E-state index >= 15 is 0 Å². The molecule has 0 aromatic heterocycles. The lowest BCUT2D eigenvalue weighted by Gasteiger charge is -2.57. The van der Waals surface area contributed by atoms with E-state index < -0.39 is 16.9 Å². The number of ether oxygens (including phenoxy) is 1. The Morgan fingerprint density at radius 2 is 1.90 bits per heavy atom. The number of hydrogen-bond donors (Lipinski definition) is 1. The van der Waals surface area contributed by atoms with Gasteiger partial charge in [0, 0.05) is 24.2 Å². The molecule has 0 heterocycles. The number of carbonyl (C=O) groups excluding carboxylic acids is 2. The third-order valence-electron chi connectivity index (χ3n) is 7.94. The van der Waals surface area contributed by atoms with Crippen molar-refractivity contribution in [3.05, 3.63) is 0 Å². The minimum atomic E-state index is -0.652. The Morgan fingerprint density at radius 3 is 2.48 bits per heavy atom. The highest BCUT2D eigenvalue weighted by molar-refractivity contribution is 5.88. The first-order valence-electron chi connectivity index (χ1n) is 7.96. The third-order valence-corrected chi connectivity index (χ3v) is 7.94. The van der Waals surface area contributed by atoms with Gasteiger partial charge in [0.25, 0.3) is 0 Å². The van der Waals surface area contributed by atoms with Crippen LogP contribution in [0.5, 0.6) is 0 Å². The number of ketones is 1. The molecule has 0 aliphatic heterocycles. The van der Waals surface area contributed by atoms with Gasteiger partial charge in [0.05, 0.1) is 11.5 Å². The van der Waals surface area contributed by atoms with Gasteiger partial charge < -0.3 is 9.84 Å². The quantitative estimate of drug-likeness (QED) is 0.750. The van der Waals surface area contributed by atoms with Crippen LogP contribution in [0.15, 0.2) is 0 Å². The molecule has 5 rings (SSSR count). The summed E-state index contributed by atoms with van der Waals surface area (Å²) < 4.78 is 5.75. The summed E-state index contributed by atoms with van der Waals surface area (Å²) in [5, 5.41) is 11.1. The maximum Gasteiger partial charge on any atom is 0.302 e. The maximum atomic E-state index is 12.6. The molecular weight excluding hydrogens is 268 g/mol. The normalized spacial score (nSPS) is 58.9. The van der Waals surface area contributed by atoms with E-state index in [1.807, 2.05) is 13.8 Å². The molecule has 0 aromatic rings. The second-order valence-corrected chi connectivity index (χ2v) is 8.64. The Morgan fingerprint density at radius 1 is 1.29 bits per heavy atom. The molecule has 4 heteroatoms. The Labute approximate surface area is 125 Å². The van der Waals surface area contributed by atoms with Crippen molar-refractivity contribution < 1.29 is 19.4 Å². The molecule has 0 aromatic carbocycles. The fraction of sp³-hybridized carbons (Fsp3) is 0.882. The van der Waals surface area contributed by atoms with Gasteiger partial charge in [-0.2, -0.15) is 0 Å². The number of esters is 1. The molecule has 5 fully saturated rings. The lowest BCUT2D eigenvalue weighted by atomic mass is 9.47. The summed E-state index contributed by atoms with van der Waals surface area (Å²) in [5.74, 6) is 0.438. The number of aliphatic hydroxyl groups excluding tert-OH is 1. The largest absolute Gasteiger partial charge is 0.461 e. The van der Waals surface area contributed by atoms with Gasteiger partial charge in [-0.15, -0.1) is 0 Å². The second kappa shape index (κ2) is 3.22. The molecule has 0 amide bonds. The lowest BCUT2D eigenvalue weighted by Crippen LogP contribution is -2.62. The Hall–Kier alpha value is -0.900. The van der Waals surface area contributed by atoms with Crippen LogP contribution in [0.2, 0.25) is 0 Å². The van der Waals surface area contributed by atoms with E-state index in [-0.39, 0.29) is 34.6 Å². The molecule has 0 radical (unpaired) electrons. The Kier molecular flexibility index (Phi) is 2.11. The first kappa shape index (κ1) is 13.7. The highest BCUT2D eigenvalue weighted by Crippen LogP contribution is 2.94. The van der Waals surface area contributed by atoms with Crippen molar-refractivity contribution in [2.45, 2.75) is 59.7 Å². The van der Waals surface area contributed by atoms with Gasteiger partial charge in [0.2, 0.25) is 0 Å². The average Bonchev–Trinajstić information content (AvgIpc) is 2.80. The number of Topliss-reactive ketones (excluding diaryl/α,β-unsaturated/α-hetero) is 1. The highest BCUT2D eigenvalue weighted by Gasteiger charge is 2.98. The van der Waals surface area contributed by atoms with Gasteiger partial charge in [-0.1, -0.05) is 27.7 Å². The molecule has 21 heavy (non-hydrogen) atoms. The van der Waals surface area contributed by atoms with E-state index in [9.17, 15) is 14.7 Å².